The number of unbranched alkanes of at least 4 members (excludes halogenated alkanes) is 16. The van der Waals surface area contributed by atoms with Gasteiger partial charge in [0.05, 0.1) is 6.54 Å². The van der Waals surface area contributed by atoms with Crippen LogP contribution in [0.2, 0.25) is 0 Å². The van der Waals surface area contributed by atoms with Crippen LogP contribution < -0.4 is 0 Å². The van der Waals surface area contributed by atoms with Crippen LogP contribution in [0.3, 0.4) is 0 Å². The van der Waals surface area contributed by atoms with Crippen molar-refractivity contribution in [2.45, 2.75) is 187 Å². The SMILES string of the molecule is CCCCCC/C=C\COC(=O)CCCCCCCC(CCCCCCCC(=O)OC/C=C\CCCCCC)OC(=O)CN(C)CC1CC1. The van der Waals surface area contributed by atoms with E-state index in [1.807, 2.05) is 19.2 Å². The van der Waals surface area contributed by atoms with Crippen molar-refractivity contribution in [1.29, 1.82) is 0 Å². The molecule has 1 aliphatic rings. The fourth-order valence-corrected chi connectivity index (χ4v) is 6.03. The zero-order chi connectivity index (χ0) is 35.6. The van der Waals surface area contributed by atoms with Crippen LogP contribution in [0.15, 0.2) is 24.3 Å². The molecular weight excluding hydrogens is 614 g/mol. The Kier molecular flexibility index (Phi) is 30.2. The number of carbonyl (C=O) groups is 3. The second-order valence-corrected chi connectivity index (χ2v) is 14.4. The van der Waals surface area contributed by atoms with Crippen molar-refractivity contribution in [3.8, 4) is 0 Å². The van der Waals surface area contributed by atoms with E-state index in [1.54, 1.807) is 0 Å². The Hall–Kier alpha value is -2.15. The van der Waals surface area contributed by atoms with E-state index in [-0.39, 0.29) is 24.0 Å². The van der Waals surface area contributed by atoms with Crippen LogP contribution in [-0.2, 0) is 28.6 Å². The van der Waals surface area contributed by atoms with Crippen molar-refractivity contribution >= 4 is 17.9 Å². The highest BCUT2D eigenvalue weighted by Crippen LogP contribution is 2.29. The van der Waals surface area contributed by atoms with Gasteiger partial charge in [-0.3, -0.25) is 19.3 Å². The predicted molar refractivity (Wildman–Crippen MR) is 202 cm³/mol. The van der Waals surface area contributed by atoms with Crippen LogP contribution in [0, 0.1) is 5.92 Å². The second kappa shape index (κ2) is 33.0. The van der Waals surface area contributed by atoms with E-state index in [0.717, 1.165) is 102 Å². The lowest BCUT2D eigenvalue weighted by molar-refractivity contribution is -0.151. The average Bonchev–Trinajstić information content (AvgIpc) is 3.89. The molecule has 0 aromatic rings. The van der Waals surface area contributed by atoms with Gasteiger partial charge in [-0.2, -0.15) is 0 Å². The van der Waals surface area contributed by atoms with E-state index in [2.05, 4.69) is 30.9 Å². The third-order valence-corrected chi connectivity index (χ3v) is 9.24. The highest BCUT2D eigenvalue weighted by Gasteiger charge is 2.24. The number of hydrogen-bond acceptors (Lipinski definition) is 7. The predicted octanol–water partition coefficient (Wildman–Crippen LogP) is 10.8. The summed E-state index contributed by atoms with van der Waals surface area (Å²) in [6.45, 7) is 6.54. The van der Waals surface area contributed by atoms with Gasteiger partial charge in [-0.25, -0.2) is 0 Å². The van der Waals surface area contributed by atoms with E-state index < -0.39 is 0 Å². The van der Waals surface area contributed by atoms with Gasteiger partial charge in [0.15, 0.2) is 0 Å². The van der Waals surface area contributed by atoms with Gasteiger partial charge in [-0.15, -0.1) is 0 Å². The Labute approximate surface area is 301 Å². The molecule has 1 aliphatic carbocycles. The van der Waals surface area contributed by atoms with Gasteiger partial charge in [0.1, 0.15) is 19.3 Å². The van der Waals surface area contributed by atoms with Crippen LogP contribution >= 0.6 is 0 Å². The fourth-order valence-electron chi connectivity index (χ4n) is 6.03. The Balaban J connectivity index is 2.18. The van der Waals surface area contributed by atoms with Gasteiger partial charge in [0.25, 0.3) is 0 Å². The van der Waals surface area contributed by atoms with Crippen molar-refractivity contribution in [1.82, 2.24) is 4.90 Å². The summed E-state index contributed by atoms with van der Waals surface area (Å²) in [4.78, 5) is 38.8. The molecule has 0 aromatic heterocycles. The Morgan fingerprint density at radius 1 is 0.592 bits per heavy atom. The molecular formula is C42H75NO6. The minimum absolute atomic E-state index is 0.0359. The van der Waals surface area contributed by atoms with E-state index in [9.17, 15) is 14.4 Å². The van der Waals surface area contributed by atoms with E-state index in [4.69, 9.17) is 14.2 Å². The highest BCUT2D eigenvalue weighted by atomic mass is 16.5. The van der Waals surface area contributed by atoms with Gasteiger partial charge in [-0.1, -0.05) is 115 Å². The zero-order valence-electron chi connectivity index (χ0n) is 32.1. The summed E-state index contributed by atoms with van der Waals surface area (Å²) < 4.78 is 16.6. The van der Waals surface area contributed by atoms with Crippen LogP contribution in [-0.4, -0.2) is 62.3 Å². The summed E-state index contributed by atoms with van der Waals surface area (Å²) in [5, 5.41) is 0. The largest absolute Gasteiger partial charge is 0.461 e. The number of rotatable bonds is 35. The molecule has 0 N–H and O–H groups in total. The molecule has 0 radical (unpaired) electrons. The first-order valence-electron chi connectivity index (χ1n) is 20.4. The van der Waals surface area contributed by atoms with Crippen LogP contribution in [0.4, 0.5) is 0 Å². The lowest BCUT2D eigenvalue weighted by atomic mass is 10.0. The smallest absolute Gasteiger partial charge is 0.320 e. The lowest BCUT2D eigenvalue weighted by Gasteiger charge is -2.21. The Morgan fingerprint density at radius 2 is 1.04 bits per heavy atom. The molecule has 0 unspecified atom stereocenters. The minimum Gasteiger partial charge on any atom is -0.461 e. The summed E-state index contributed by atoms with van der Waals surface area (Å²) in [5.74, 6) is 0.430. The first kappa shape index (κ1) is 44.9. The molecule has 7 heteroatoms. The number of likely N-dealkylation sites (N-methyl/N-ethyl adjacent to an activating group) is 1. The number of hydrogen-bond donors (Lipinski definition) is 0. The summed E-state index contributed by atoms with van der Waals surface area (Å²) in [5.41, 5.74) is 0. The second-order valence-electron chi connectivity index (χ2n) is 14.4. The van der Waals surface area contributed by atoms with Crippen molar-refractivity contribution in [2.75, 3.05) is 33.4 Å². The maximum Gasteiger partial charge on any atom is 0.320 e. The molecule has 0 heterocycles. The normalized spacial score (nSPS) is 13.2. The van der Waals surface area contributed by atoms with Gasteiger partial charge in [0, 0.05) is 19.4 Å². The molecule has 0 spiro atoms. The molecule has 7 nitrogen and oxygen atoms in total. The molecule has 0 aromatic carbocycles. The molecule has 49 heavy (non-hydrogen) atoms. The molecule has 0 atom stereocenters. The first-order chi connectivity index (χ1) is 23.9. The van der Waals surface area contributed by atoms with Crippen molar-refractivity contribution in [3.63, 3.8) is 0 Å². The maximum absolute atomic E-state index is 12.7. The Bertz CT molecular complexity index is 815. The number of carbonyl (C=O) groups excluding carboxylic acids is 3. The maximum atomic E-state index is 12.7. The molecule has 0 aliphatic heterocycles. The first-order valence-corrected chi connectivity index (χ1v) is 20.4. The van der Waals surface area contributed by atoms with Crippen LogP contribution in [0.25, 0.3) is 0 Å². The van der Waals surface area contributed by atoms with E-state index in [0.29, 0.717) is 32.6 Å². The van der Waals surface area contributed by atoms with Crippen molar-refractivity contribution in [3.05, 3.63) is 24.3 Å². The van der Waals surface area contributed by atoms with Gasteiger partial charge < -0.3 is 14.2 Å². The summed E-state index contributed by atoms with van der Waals surface area (Å²) >= 11 is 0. The van der Waals surface area contributed by atoms with E-state index >= 15 is 0 Å². The minimum atomic E-state index is -0.108. The van der Waals surface area contributed by atoms with Crippen LogP contribution in [0.5, 0.6) is 0 Å². The monoisotopic (exact) mass is 690 g/mol. The quantitative estimate of drug-likeness (QED) is 0.0283. The molecule has 1 fully saturated rings. The molecule has 284 valence electrons. The number of esters is 3. The fraction of sp³-hybridized carbons (Fsp3) is 0.833. The summed E-state index contributed by atoms with van der Waals surface area (Å²) in [6, 6.07) is 0. The molecule has 0 saturated heterocycles. The van der Waals surface area contributed by atoms with Crippen LogP contribution in [0.1, 0.15) is 181 Å². The third kappa shape index (κ3) is 31.6. The summed E-state index contributed by atoms with van der Waals surface area (Å²) in [7, 11) is 2.01. The average molecular weight is 690 g/mol. The van der Waals surface area contributed by atoms with Gasteiger partial charge in [0.2, 0.25) is 0 Å². The number of nitrogens with zero attached hydrogens (tertiary/aromatic N) is 1. The van der Waals surface area contributed by atoms with Crippen molar-refractivity contribution < 1.29 is 28.6 Å². The molecule has 0 bridgehead atoms. The highest BCUT2D eigenvalue weighted by molar-refractivity contribution is 5.71. The van der Waals surface area contributed by atoms with Crippen molar-refractivity contribution in [2.24, 2.45) is 5.92 Å². The molecule has 1 rings (SSSR count). The Morgan fingerprint density at radius 3 is 1.51 bits per heavy atom. The zero-order valence-corrected chi connectivity index (χ0v) is 32.1. The van der Waals surface area contributed by atoms with Gasteiger partial charge >= 0.3 is 17.9 Å². The topological polar surface area (TPSA) is 82.1 Å². The number of allylic oxidation sites excluding steroid dienone is 2. The van der Waals surface area contributed by atoms with E-state index in [1.165, 1.54) is 64.2 Å². The molecule has 1 saturated carbocycles. The standard InChI is InChI=1S/C42H75NO6/c1-4-6-8-10-12-20-26-34-47-40(44)30-24-18-14-16-22-28-39(49-42(46)37-43(3)36-38-32-33-38)29-23-17-15-19-25-31-41(45)48-35-27-21-13-11-9-7-5-2/h20-21,26-27,38-39H,4-19,22-25,28-37H2,1-3H3/b26-20-,27-21-. The van der Waals surface area contributed by atoms with Gasteiger partial charge in [-0.05, 0) is 90.0 Å². The lowest BCUT2D eigenvalue weighted by Crippen LogP contribution is -2.31. The number of ether oxygens (including phenoxy) is 3. The molecule has 0 amide bonds. The third-order valence-electron chi connectivity index (χ3n) is 9.24. The summed E-state index contributed by atoms with van der Waals surface area (Å²) in [6.07, 6.45) is 35.7.